The Kier molecular flexibility index (Phi) is 8.73. The molecule has 5 nitrogen and oxygen atoms in total. The van der Waals surface area contributed by atoms with Gasteiger partial charge in [-0.3, -0.25) is 4.79 Å². The van der Waals surface area contributed by atoms with Crippen LogP contribution >= 0.6 is 0 Å². The predicted octanol–water partition coefficient (Wildman–Crippen LogP) is 3.93. The molecular formula is C21H39N3O2. The average molecular weight is 366 g/mol. The normalized spacial score (nSPS) is 24.5. The smallest absolute Gasteiger partial charge is 0.315 e. The molecule has 0 radical (unpaired) electrons. The van der Waals surface area contributed by atoms with E-state index in [1.54, 1.807) is 0 Å². The van der Waals surface area contributed by atoms with E-state index in [2.05, 4.69) is 31.4 Å². The Labute approximate surface area is 159 Å². The molecule has 2 N–H and O–H groups in total. The van der Waals surface area contributed by atoms with Crippen molar-refractivity contribution in [3.8, 4) is 0 Å². The summed E-state index contributed by atoms with van der Waals surface area (Å²) in [6.07, 6.45) is 9.96. The van der Waals surface area contributed by atoms with Gasteiger partial charge in [-0.2, -0.15) is 0 Å². The maximum absolute atomic E-state index is 12.4. The first-order valence-corrected chi connectivity index (χ1v) is 10.9. The van der Waals surface area contributed by atoms with Crippen molar-refractivity contribution in [2.75, 3.05) is 19.6 Å². The largest absolute Gasteiger partial charge is 0.342 e. The fourth-order valence-corrected chi connectivity index (χ4v) is 4.46. The van der Waals surface area contributed by atoms with Crippen molar-refractivity contribution in [3.05, 3.63) is 0 Å². The molecule has 2 fully saturated rings. The zero-order valence-corrected chi connectivity index (χ0v) is 17.1. The number of piperidine rings is 1. The van der Waals surface area contributed by atoms with Crippen LogP contribution in [0.3, 0.4) is 0 Å². The van der Waals surface area contributed by atoms with E-state index in [1.807, 2.05) is 4.90 Å². The summed E-state index contributed by atoms with van der Waals surface area (Å²) in [6, 6.07) is 0.156. The van der Waals surface area contributed by atoms with Crippen LogP contribution in [0.4, 0.5) is 4.79 Å². The van der Waals surface area contributed by atoms with E-state index in [-0.39, 0.29) is 18.0 Å². The molecule has 0 atom stereocenters. The molecule has 1 aliphatic heterocycles. The van der Waals surface area contributed by atoms with E-state index < -0.39 is 0 Å². The van der Waals surface area contributed by atoms with Crippen molar-refractivity contribution in [2.45, 2.75) is 84.6 Å². The molecule has 0 unspecified atom stereocenters. The first-order chi connectivity index (χ1) is 12.6. The monoisotopic (exact) mass is 365 g/mol. The topological polar surface area (TPSA) is 61.4 Å². The number of hydrogen-bond donors (Lipinski definition) is 2. The van der Waals surface area contributed by atoms with Gasteiger partial charge in [0.25, 0.3) is 0 Å². The number of nitrogens with one attached hydrogen (secondary N) is 2. The summed E-state index contributed by atoms with van der Waals surface area (Å²) >= 11 is 0. The quantitative estimate of drug-likeness (QED) is 0.718. The molecule has 3 amide bonds. The molecule has 5 heteroatoms. The number of nitrogens with zero attached hydrogens (tertiary/aromatic N) is 1. The molecule has 1 aliphatic carbocycles. The number of carbonyl (C=O) groups is 2. The van der Waals surface area contributed by atoms with Gasteiger partial charge in [-0.25, -0.2) is 4.79 Å². The number of carbonyl (C=O) groups excluding carboxylic acids is 2. The van der Waals surface area contributed by atoms with Gasteiger partial charge in [-0.05, 0) is 50.4 Å². The zero-order valence-electron chi connectivity index (χ0n) is 17.1. The maximum Gasteiger partial charge on any atom is 0.315 e. The molecule has 150 valence electrons. The Hall–Kier alpha value is -1.26. The van der Waals surface area contributed by atoms with Crippen LogP contribution in [0.15, 0.2) is 0 Å². The van der Waals surface area contributed by atoms with Crippen LogP contribution in [0.1, 0.15) is 78.6 Å². The van der Waals surface area contributed by atoms with Crippen molar-refractivity contribution in [1.82, 2.24) is 15.5 Å². The SMILES string of the molecule is CCC1CCC(CNC(=O)NC2CCN(C(=O)C(CC)CC)CC2)CC1. The summed E-state index contributed by atoms with van der Waals surface area (Å²) in [6.45, 7) is 8.77. The van der Waals surface area contributed by atoms with Gasteiger partial charge >= 0.3 is 6.03 Å². The number of amides is 3. The molecule has 0 bridgehead atoms. The minimum atomic E-state index is -0.0348. The third-order valence-corrected chi connectivity index (χ3v) is 6.57. The molecule has 0 aromatic carbocycles. The lowest BCUT2D eigenvalue weighted by Crippen LogP contribution is -2.50. The third-order valence-electron chi connectivity index (χ3n) is 6.57. The molecule has 26 heavy (non-hydrogen) atoms. The Morgan fingerprint density at radius 1 is 0.923 bits per heavy atom. The average Bonchev–Trinajstić information content (AvgIpc) is 2.68. The molecule has 0 aromatic heterocycles. The number of rotatable bonds is 7. The van der Waals surface area contributed by atoms with E-state index >= 15 is 0 Å². The van der Waals surface area contributed by atoms with Crippen LogP contribution in [0.25, 0.3) is 0 Å². The summed E-state index contributed by atoms with van der Waals surface area (Å²) in [5.74, 6) is 1.99. The Morgan fingerprint density at radius 2 is 1.50 bits per heavy atom. The van der Waals surface area contributed by atoms with Gasteiger partial charge < -0.3 is 15.5 Å². The summed E-state index contributed by atoms with van der Waals surface area (Å²) in [4.78, 5) is 26.6. The maximum atomic E-state index is 12.4. The lowest BCUT2D eigenvalue weighted by Gasteiger charge is -2.34. The molecule has 0 aromatic rings. The van der Waals surface area contributed by atoms with Crippen LogP contribution < -0.4 is 10.6 Å². The van der Waals surface area contributed by atoms with Crippen LogP contribution in [-0.2, 0) is 4.79 Å². The van der Waals surface area contributed by atoms with Crippen LogP contribution in [0.5, 0.6) is 0 Å². The summed E-state index contributed by atoms with van der Waals surface area (Å²) in [5, 5.41) is 6.18. The standard InChI is InChI=1S/C21H39N3O2/c1-4-16-7-9-17(10-8-16)15-22-21(26)23-19-11-13-24(14-12-19)20(25)18(5-2)6-3/h16-19H,4-15H2,1-3H3,(H2,22,23,26). The Morgan fingerprint density at radius 3 is 2.04 bits per heavy atom. The van der Waals surface area contributed by atoms with Gasteiger partial charge in [-0.1, -0.05) is 40.0 Å². The van der Waals surface area contributed by atoms with Gasteiger partial charge in [0.1, 0.15) is 0 Å². The van der Waals surface area contributed by atoms with Crippen molar-refractivity contribution in [2.24, 2.45) is 17.8 Å². The highest BCUT2D eigenvalue weighted by molar-refractivity contribution is 5.79. The Bertz CT molecular complexity index is 435. The number of likely N-dealkylation sites (tertiary alicyclic amines) is 1. The number of urea groups is 1. The fraction of sp³-hybridized carbons (Fsp3) is 0.905. The van der Waals surface area contributed by atoms with Gasteiger partial charge in [0, 0.05) is 31.6 Å². The first kappa shape index (κ1) is 21.0. The van der Waals surface area contributed by atoms with Crippen LogP contribution in [-0.4, -0.2) is 42.5 Å². The summed E-state index contributed by atoms with van der Waals surface area (Å²) < 4.78 is 0. The molecule has 1 saturated carbocycles. The second-order valence-electron chi connectivity index (χ2n) is 8.26. The fourth-order valence-electron chi connectivity index (χ4n) is 4.46. The van der Waals surface area contributed by atoms with Gasteiger partial charge in [-0.15, -0.1) is 0 Å². The van der Waals surface area contributed by atoms with Gasteiger partial charge in [0.2, 0.25) is 5.91 Å². The molecule has 1 heterocycles. The highest BCUT2D eigenvalue weighted by Crippen LogP contribution is 2.30. The van der Waals surface area contributed by atoms with E-state index in [0.717, 1.165) is 51.2 Å². The minimum absolute atomic E-state index is 0.0348. The minimum Gasteiger partial charge on any atom is -0.342 e. The van der Waals surface area contributed by atoms with Crippen LogP contribution in [0, 0.1) is 17.8 Å². The van der Waals surface area contributed by atoms with Crippen molar-refractivity contribution in [1.29, 1.82) is 0 Å². The van der Waals surface area contributed by atoms with E-state index in [4.69, 9.17) is 0 Å². The van der Waals surface area contributed by atoms with Gasteiger partial charge in [0.05, 0.1) is 0 Å². The lowest BCUT2D eigenvalue weighted by atomic mass is 9.81. The van der Waals surface area contributed by atoms with E-state index in [0.29, 0.717) is 11.8 Å². The first-order valence-electron chi connectivity index (χ1n) is 10.9. The summed E-state index contributed by atoms with van der Waals surface area (Å²) in [5.41, 5.74) is 0. The number of hydrogen-bond acceptors (Lipinski definition) is 2. The molecule has 1 saturated heterocycles. The molecule has 2 aliphatic rings. The lowest BCUT2D eigenvalue weighted by molar-refractivity contribution is -0.136. The van der Waals surface area contributed by atoms with Crippen molar-refractivity contribution in [3.63, 3.8) is 0 Å². The van der Waals surface area contributed by atoms with Crippen molar-refractivity contribution >= 4 is 11.9 Å². The highest BCUT2D eigenvalue weighted by Gasteiger charge is 2.27. The predicted molar refractivity (Wildman–Crippen MR) is 106 cm³/mol. The summed E-state index contributed by atoms with van der Waals surface area (Å²) in [7, 11) is 0. The second-order valence-corrected chi connectivity index (χ2v) is 8.26. The van der Waals surface area contributed by atoms with Crippen molar-refractivity contribution < 1.29 is 9.59 Å². The Balaban J connectivity index is 1.63. The zero-order chi connectivity index (χ0) is 18.9. The molecular weight excluding hydrogens is 326 g/mol. The third kappa shape index (κ3) is 6.17. The molecule has 0 spiro atoms. The second kappa shape index (κ2) is 10.8. The van der Waals surface area contributed by atoms with Gasteiger partial charge in [0.15, 0.2) is 0 Å². The molecule has 2 rings (SSSR count). The highest BCUT2D eigenvalue weighted by atomic mass is 16.2. The van der Waals surface area contributed by atoms with Crippen LogP contribution in [0.2, 0.25) is 0 Å². The van der Waals surface area contributed by atoms with E-state index in [9.17, 15) is 9.59 Å². The van der Waals surface area contributed by atoms with E-state index in [1.165, 1.54) is 32.1 Å².